The van der Waals surface area contributed by atoms with Gasteiger partial charge in [-0.2, -0.15) is 0 Å². The zero-order valence-corrected chi connectivity index (χ0v) is 12.1. The smallest absolute Gasteiger partial charge is 0.142 e. The van der Waals surface area contributed by atoms with Crippen LogP contribution in [-0.2, 0) is 5.41 Å². The van der Waals surface area contributed by atoms with Crippen LogP contribution in [-0.4, -0.2) is 11.1 Å². The summed E-state index contributed by atoms with van der Waals surface area (Å²) in [4.78, 5) is 4.16. The first kappa shape index (κ1) is 13.3. The van der Waals surface area contributed by atoms with Gasteiger partial charge in [-0.15, -0.1) is 0 Å². The van der Waals surface area contributed by atoms with Crippen molar-refractivity contribution in [3.05, 3.63) is 16.2 Å². The Morgan fingerprint density at radius 3 is 2.38 bits per heavy atom. The molecule has 0 aliphatic heterocycles. The van der Waals surface area contributed by atoms with E-state index >= 15 is 0 Å². The minimum atomic E-state index is -0.0922. The van der Waals surface area contributed by atoms with Crippen LogP contribution < -0.4 is 10.5 Å². The van der Waals surface area contributed by atoms with Crippen LogP contribution in [0.2, 0.25) is 0 Å². The van der Waals surface area contributed by atoms with Crippen LogP contribution in [0.15, 0.2) is 10.7 Å². The molecular formula is C12H19BrN2O. The summed E-state index contributed by atoms with van der Waals surface area (Å²) in [7, 11) is 0. The van der Waals surface area contributed by atoms with Gasteiger partial charge in [-0.25, -0.2) is 4.98 Å². The topological polar surface area (TPSA) is 48.1 Å². The molecular weight excluding hydrogens is 268 g/mol. The number of nitrogens with two attached hydrogens (primary N) is 1. The fourth-order valence-corrected chi connectivity index (χ4v) is 1.95. The van der Waals surface area contributed by atoms with Crippen LogP contribution in [0, 0.1) is 0 Å². The van der Waals surface area contributed by atoms with E-state index in [1.54, 1.807) is 6.20 Å². The summed E-state index contributed by atoms with van der Waals surface area (Å²) >= 11 is 3.46. The first-order chi connectivity index (χ1) is 7.23. The quantitative estimate of drug-likeness (QED) is 0.905. The van der Waals surface area contributed by atoms with Crippen molar-refractivity contribution in [3.63, 3.8) is 0 Å². The van der Waals surface area contributed by atoms with E-state index in [-0.39, 0.29) is 11.5 Å². The molecule has 0 aromatic carbocycles. The molecule has 1 aromatic rings. The van der Waals surface area contributed by atoms with Crippen LogP contribution in [0.4, 0.5) is 5.82 Å². The number of aromatic nitrogens is 1. The molecule has 1 rings (SSSR count). The van der Waals surface area contributed by atoms with Gasteiger partial charge in [0.05, 0.1) is 10.6 Å². The number of hydrogen-bond donors (Lipinski definition) is 1. The molecule has 0 amide bonds. The van der Waals surface area contributed by atoms with Gasteiger partial charge in [-0.1, -0.05) is 20.8 Å². The molecule has 90 valence electrons. The Balaban J connectivity index is 3.37. The predicted octanol–water partition coefficient (Wildman–Crippen LogP) is 3.51. The maximum Gasteiger partial charge on any atom is 0.142 e. The number of nitrogens with zero attached hydrogens (tertiary/aromatic N) is 1. The van der Waals surface area contributed by atoms with Gasteiger partial charge in [-0.05, 0) is 35.2 Å². The first-order valence-corrected chi connectivity index (χ1v) is 6.14. The highest BCUT2D eigenvalue weighted by atomic mass is 79.9. The van der Waals surface area contributed by atoms with Gasteiger partial charge >= 0.3 is 0 Å². The molecule has 0 atom stereocenters. The molecule has 0 aliphatic rings. The van der Waals surface area contributed by atoms with Crippen molar-refractivity contribution in [3.8, 4) is 5.75 Å². The lowest BCUT2D eigenvalue weighted by molar-refractivity contribution is 0.235. The Morgan fingerprint density at radius 1 is 1.38 bits per heavy atom. The number of nitrogen functional groups attached to an aromatic ring is 1. The van der Waals surface area contributed by atoms with Crippen LogP contribution >= 0.6 is 15.9 Å². The van der Waals surface area contributed by atoms with E-state index in [9.17, 15) is 0 Å². The number of ether oxygens (including phenoxy) is 1. The molecule has 3 nitrogen and oxygen atoms in total. The third-order valence-corrected chi connectivity index (χ3v) is 2.69. The van der Waals surface area contributed by atoms with Gasteiger partial charge in [0.25, 0.3) is 0 Å². The Labute approximate surface area is 106 Å². The first-order valence-electron chi connectivity index (χ1n) is 5.34. The number of hydrogen-bond acceptors (Lipinski definition) is 3. The van der Waals surface area contributed by atoms with Gasteiger partial charge in [0.2, 0.25) is 0 Å². The molecule has 0 saturated carbocycles. The summed E-state index contributed by atoms with van der Waals surface area (Å²) in [5.41, 5.74) is 6.80. The van der Waals surface area contributed by atoms with E-state index in [0.717, 1.165) is 15.8 Å². The molecule has 0 aliphatic carbocycles. The predicted molar refractivity (Wildman–Crippen MR) is 70.8 cm³/mol. The molecule has 0 spiro atoms. The summed E-state index contributed by atoms with van der Waals surface area (Å²) < 4.78 is 6.66. The van der Waals surface area contributed by atoms with Gasteiger partial charge in [0.15, 0.2) is 0 Å². The highest BCUT2D eigenvalue weighted by Gasteiger charge is 2.25. The fourth-order valence-electron chi connectivity index (χ4n) is 1.56. The lowest BCUT2D eigenvalue weighted by atomic mass is 9.86. The Kier molecular flexibility index (Phi) is 3.84. The van der Waals surface area contributed by atoms with E-state index in [4.69, 9.17) is 10.5 Å². The molecule has 0 saturated heterocycles. The second-order valence-electron chi connectivity index (χ2n) is 5.11. The SMILES string of the molecule is CC(C)Oc1c(Br)cnc(N)c1C(C)(C)C. The summed E-state index contributed by atoms with van der Waals surface area (Å²) in [6.45, 7) is 10.3. The van der Waals surface area contributed by atoms with Crippen LogP contribution in [0.5, 0.6) is 5.75 Å². The Morgan fingerprint density at radius 2 is 1.94 bits per heavy atom. The second-order valence-corrected chi connectivity index (χ2v) is 5.97. The summed E-state index contributed by atoms with van der Waals surface area (Å²) in [5.74, 6) is 1.33. The van der Waals surface area contributed by atoms with Gasteiger partial charge in [0, 0.05) is 11.8 Å². The van der Waals surface area contributed by atoms with E-state index in [2.05, 4.69) is 41.7 Å². The van der Waals surface area contributed by atoms with E-state index < -0.39 is 0 Å². The molecule has 4 heteroatoms. The molecule has 0 bridgehead atoms. The van der Waals surface area contributed by atoms with Crippen molar-refractivity contribution in [1.29, 1.82) is 0 Å². The molecule has 1 aromatic heterocycles. The van der Waals surface area contributed by atoms with Crippen LogP contribution in [0.3, 0.4) is 0 Å². The third kappa shape index (κ3) is 2.88. The van der Waals surface area contributed by atoms with Crippen LogP contribution in [0.25, 0.3) is 0 Å². The number of pyridine rings is 1. The highest BCUT2D eigenvalue weighted by molar-refractivity contribution is 9.10. The lowest BCUT2D eigenvalue weighted by Crippen LogP contribution is -2.19. The van der Waals surface area contributed by atoms with E-state index in [1.165, 1.54) is 0 Å². The molecule has 0 fully saturated rings. The molecule has 2 N–H and O–H groups in total. The van der Waals surface area contributed by atoms with Crippen molar-refractivity contribution in [2.75, 3.05) is 5.73 Å². The van der Waals surface area contributed by atoms with Crippen molar-refractivity contribution in [2.24, 2.45) is 0 Å². The van der Waals surface area contributed by atoms with E-state index in [0.29, 0.717) is 5.82 Å². The van der Waals surface area contributed by atoms with Gasteiger partial charge in [-0.3, -0.25) is 0 Å². The second kappa shape index (κ2) is 4.62. The number of rotatable bonds is 2. The molecule has 16 heavy (non-hydrogen) atoms. The average molecular weight is 287 g/mol. The van der Waals surface area contributed by atoms with Crippen molar-refractivity contribution in [1.82, 2.24) is 4.98 Å². The zero-order valence-electron chi connectivity index (χ0n) is 10.5. The monoisotopic (exact) mass is 286 g/mol. The minimum absolute atomic E-state index is 0.0922. The summed E-state index contributed by atoms with van der Waals surface area (Å²) in [5, 5.41) is 0. The van der Waals surface area contributed by atoms with Gasteiger partial charge in [0.1, 0.15) is 11.6 Å². The van der Waals surface area contributed by atoms with E-state index in [1.807, 2.05) is 13.8 Å². The van der Waals surface area contributed by atoms with Crippen LogP contribution in [0.1, 0.15) is 40.2 Å². The van der Waals surface area contributed by atoms with Crippen molar-refractivity contribution in [2.45, 2.75) is 46.1 Å². The zero-order chi connectivity index (χ0) is 12.5. The standard InChI is InChI=1S/C12H19BrN2O/c1-7(2)16-10-8(13)6-15-11(14)9(10)12(3,4)5/h6-7H,1-5H3,(H2,14,15). The largest absolute Gasteiger partial charge is 0.489 e. The number of halogens is 1. The molecule has 1 heterocycles. The maximum atomic E-state index is 5.94. The third-order valence-electron chi connectivity index (χ3n) is 2.12. The Bertz CT molecular complexity index is 383. The summed E-state index contributed by atoms with van der Waals surface area (Å²) in [6, 6.07) is 0. The van der Waals surface area contributed by atoms with Crippen molar-refractivity contribution >= 4 is 21.7 Å². The van der Waals surface area contributed by atoms with Gasteiger partial charge < -0.3 is 10.5 Å². The maximum absolute atomic E-state index is 5.94. The lowest BCUT2D eigenvalue weighted by Gasteiger charge is -2.25. The average Bonchev–Trinajstić information content (AvgIpc) is 2.08. The molecule has 0 unspecified atom stereocenters. The summed E-state index contributed by atoms with van der Waals surface area (Å²) in [6.07, 6.45) is 1.79. The highest BCUT2D eigenvalue weighted by Crippen LogP contribution is 2.40. The number of anilines is 1. The fraction of sp³-hybridized carbons (Fsp3) is 0.583. The molecule has 0 radical (unpaired) electrons. The van der Waals surface area contributed by atoms with Crippen molar-refractivity contribution < 1.29 is 4.74 Å². The normalized spacial score (nSPS) is 11.9. The Hall–Kier alpha value is -0.770. The minimum Gasteiger partial charge on any atom is -0.489 e.